The highest BCUT2D eigenvalue weighted by atomic mass is 16.2. The molecule has 0 spiro atoms. The van der Waals surface area contributed by atoms with Gasteiger partial charge in [-0.25, -0.2) is 4.79 Å². The Morgan fingerprint density at radius 3 is 2.12 bits per heavy atom. The maximum Gasteiger partial charge on any atom is 0.328 e. The van der Waals surface area contributed by atoms with E-state index in [4.69, 9.17) is 0 Å². The van der Waals surface area contributed by atoms with Crippen LogP contribution in [0, 0.1) is 0 Å². The molecule has 0 saturated carbocycles. The average Bonchev–Trinajstić information content (AvgIpc) is 2.25. The van der Waals surface area contributed by atoms with Crippen LogP contribution in [0.25, 0.3) is 6.08 Å². The van der Waals surface area contributed by atoms with E-state index in [-0.39, 0.29) is 5.57 Å². The minimum absolute atomic E-state index is 0.106. The highest BCUT2D eigenvalue weighted by Gasteiger charge is 2.27. The molecule has 16 heavy (non-hydrogen) atoms. The summed E-state index contributed by atoms with van der Waals surface area (Å²) in [5, 5.41) is 3.97. The van der Waals surface area contributed by atoms with Crippen LogP contribution < -0.4 is 10.6 Å². The Balaban J connectivity index is 2.33. The lowest BCUT2D eigenvalue weighted by molar-refractivity contribution is -0.123. The molecule has 6 heteroatoms. The number of carbonyl (C=O) groups excluding carboxylic acids is 3. The summed E-state index contributed by atoms with van der Waals surface area (Å²) in [6, 6.07) is 2.48. The highest BCUT2D eigenvalue weighted by Crippen LogP contribution is 2.08. The third-order valence-electron chi connectivity index (χ3n) is 1.96. The highest BCUT2D eigenvalue weighted by molar-refractivity contribution is 6.31. The molecule has 0 unspecified atom stereocenters. The first-order chi connectivity index (χ1) is 7.66. The number of rotatable bonds is 1. The summed E-state index contributed by atoms with van der Waals surface area (Å²) >= 11 is 0. The van der Waals surface area contributed by atoms with Gasteiger partial charge in [0, 0.05) is 12.4 Å². The maximum atomic E-state index is 11.3. The quantitative estimate of drug-likeness (QED) is 0.505. The molecule has 2 heterocycles. The van der Waals surface area contributed by atoms with Gasteiger partial charge in [0.1, 0.15) is 5.57 Å². The van der Waals surface area contributed by atoms with Crippen LogP contribution >= 0.6 is 0 Å². The smallest absolute Gasteiger partial charge is 0.273 e. The lowest BCUT2D eigenvalue weighted by atomic mass is 10.1. The molecular formula is C10H7N3O3. The molecule has 1 aromatic heterocycles. The number of hydrogen-bond donors (Lipinski definition) is 2. The fourth-order valence-electron chi connectivity index (χ4n) is 1.23. The van der Waals surface area contributed by atoms with Gasteiger partial charge in [-0.3, -0.25) is 25.2 Å². The molecule has 1 aliphatic heterocycles. The second-order valence-electron chi connectivity index (χ2n) is 3.08. The van der Waals surface area contributed by atoms with E-state index >= 15 is 0 Å². The van der Waals surface area contributed by atoms with Crippen LogP contribution in [-0.2, 0) is 9.59 Å². The Morgan fingerprint density at radius 1 is 1.00 bits per heavy atom. The Kier molecular flexibility index (Phi) is 2.47. The Hall–Kier alpha value is -2.50. The zero-order chi connectivity index (χ0) is 11.5. The van der Waals surface area contributed by atoms with Crippen molar-refractivity contribution >= 4 is 23.9 Å². The van der Waals surface area contributed by atoms with Crippen LogP contribution in [0.3, 0.4) is 0 Å². The van der Waals surface area contributed by atoms with Crippen molar-refractivity contribution in [3.63, 3.8) is 0 Å². The summed E-state index contributed by atoms with van der Waals surface area (Å²) in [5.74, 6) is -1.41. The molecule has 1 aromatic rings. The number of pyridine rings is 1. The number of urea groups is 1. The normalized spacial score (nSPS) is 15.5. The van der Waals surface area contributed by atoms with Crippen molar-refractivity contribution in [2.75, 3.05) is 0 Å². The van der Waals surface area contributed by atoms with E-state index in [0.29, 0.717) is 5.56 Å². The molecule has 6 nitrogen and oxygen atoms in total. The number of carbonyl (C=O) groups is 3. The molecule has 80 valence electrons. The van der Waals surface area contributed by atoms with Crippen molar-refractivity contribution in [2.45, 2.75) is 0 Å². The SMILES string of the molecule is O=C1NC(=O)C(=Cc2ccncc2)C(=O)N1. The number of hydrogen-bond acceptors (Lipinski definition) is 4. The zero-order valence-electron chi connectivity index (χ0n) is 8.06. The molecular weight excluding hydrogens is 210 g/mol. The van der Waals surface area contributed by atoms with E-state index in [2.05, 4.69) is 4.98 Å². The number of imide groups is 2. The van der Waals surface area contributed by atoms with Crippen LogP contribution in [-0.4, -0.2) is 22.8 Å². The van der Waals surface area contributed by atoms with Crippen LogP contribution in [0.5, 0.6) is 0 Å². The molecule has 0 radical (unpaired) electrons. The summed E-state index contributed by atoms with van der Waals surface area (Å²) in [6.07, 6.45) is 4.46. The molecule has 2 N–H and O–H groups in total. The summed E-state index contributed by atoms with van der Waals surface area (Å²) in [4.78, 5) is 37.3. The van der Waals surface area contributed by atoms with Crippen molar-refractivity contribution in [3.8, 4) is 0 Å². The minimum Gasteiger partial charge on any atom is -0.273 e. The van der Waals surface area contributed by atoms with Gasteiger partial charge >= 0.3 is 6.03 Å². The minimum atomic E-state index is -0.804. The monoisotopic (exact) mass is 217 g/mol. The van der Waals surface area contributed by atoms with Crippen molar-refractivity contribution in [1.29, 1.82) is 0 Å². The molecule has 4 amide bonds. The topological polar surface area (TPSA) is 88.2 Å². The zero-order valence-corrected chi connectivity index (χ0v) is 8.06. The number of amides is 4. The third-order valence-corrected chi connectivity index (χ3v) is 1.96. The van der Waals surface area contributed by atoms with Crippen molar-refractivity contribution in [3.05, 3.63) is 35.7 Å². The van der Waals surface area contributed by atoms with Crippen molar-refractivity contribution in [2.24, 2.45) is 0 Å². The first kappa shape index (κ1) is 10.0. The number of nitrogens with one attached hydrogen (secondary N) is 2. The van der Waals surface area contributed by atoms with Gasteiger partial charge in [-0.15, -0.1) is 0 Å². The molecule has 0 atom stereocenters. The Morgan fingerprint density at radius 2 is 1.56 bits per heavy atom. The molecule has 0 aromatic carbocycles. The lowest BCUT2D eigenvalue weighted by Gasteiger charge is -2.13. The van der Waals surface area contributed by atoms with Crippen LogP contribution in [0.1, 0.15) is 5.56 Å². The second-order valence-corrected chi connectivity index (χ2v) is 3.08. The molecule has 1 saturated heterocycles. The van der Waals surface area contributed by atoms with Gasteiger partial charge in [-0.2, -0.15) is 0 Å². The van der Waals surface area contributed by atoms with Gasteiger partial charge in [0.2, 0.25) is 0 Å². The van der Waals surface area contributed by atoms with Gasteiger partial charge in [0.05, 0.1) is 0 Å². The van der Waals surface area contributed by atoms with Gasteiger partial charge < -0.3 is 0 Å². The van der Waals surface area contributed by atoms with Gasteiger partial charge in [-0.1, -0.05) is 0 Å². The van der Waals surface area contributed by atoms with Crippen molar-refractivity contribution < 1.29 is 14.4 Å². The molecule has 0 bridgehead atoms. The van der Waals surface area contributed by atoms with E-state index in [9.17, 15) is 14.4 Å². The first-order valence-electron chi connectivity index (χ1n) is 4.45. The van der Waals surface area contributed by atoms with Crippen LogP contribution in [0.15, 0.2) is 30.1 Å². The summed E-state index contributed by atoms with van der Waals surface area (Å²) in [5.41, 5.74) is 0.551. The Labute approximate surface area is 90.4 Å². The van der Waals surface area contributed by atoms with Crippen LogP contribution in [0.2, 0.25) is 0 Å². The molecule has 1 fully saturated rings. The second kappa shape index (κ2) is 3.93. The van der Waals surface area contributed by atoms with Gasteiger partial charge in [-0.05, 0) is 23.8 Å². The lowest BCUT2D eigenvalue weighted by Crippen LogP contribution is -2.51. The Bertz CT molecular complexity index is 471. The fourth-order valence-corrected chi connectivity index (χ4v) is 1.23. The van der Waals surface area contributed by atoms with Gasteiger partial charge in [0.15, 0.2) is 0 Å². The number of nitrogens with zero attached hydrogens (tertiary/aromatic N) is 1. The van der Waals surface area contributed by atoms with E-state index in [1.807, 2.05) is 10.6 Å². The van der Waals surface area contributed by atoms with E-state index in [1.54, 1.807) is 12.1 Å². The summed E-state index contributed by atoms with van der Waals surface area (Å²) in [7, 11) is 0. The maximum absolute atomic E-state index is 11.3. The van der Waals surface area contributed by atoms with Gasteiger partial charge in [0.25, 0.3) is 11.8 Å². The first-order valence-corrected chi connectivity index (χ1v) is 4.45. The largest absolute Gasteiger partial charge is 0.328 e. The van der Waals surface area contributed by atoms with E-state index < -0.39 is 17.8 Å². The summed E-state index contributed by atoms with van der Waals surface area (Å²) < 4.78 is 0. The standard InChI is InChI=1S/C10H7N3O3/c14-8-7(9(15)13-10(16)12-8)5-6-1-3-11-4-2-6/h1-5H,(H2,12,13,14,15,16). The van der Waals surface area contributed by atoms with E-state index in [0.717, 1.165) is 0 Å². The molecule has 1 aliphatic rings. The third kappa shape index (κ3) is 1.95. The number of aromatic nitrogens is 1. The molecule has 2 rings (SSSR count). The van der Waals surface area contributed by atoms with Crippen LogP contribution in [0.4, 0.5) is 4.79 Å². The fraction of sp³-hybridized carbons (Fsp3) is 0. The number of barbiturate groups is 1. The molecule has 0 aliphatic carbocycles. The van der Waals surface area contributed by atoms with Crippen molar-refractivity contribution in [1.82, 2.24) is 15.6 Å². The predicted molar refractivity (Wildman–Crippen MR) is 53.9 cm³/mol. The van der Waals surface area contributed by atoms with E-state index in [1.165, 1.54) is 18.5 Å². The predicted octanol–water partition coefficient (Wildman–Crippen LogP) is -0.169. The average molecular weight is 217 g/mol. The summed E-state index contributed by atoms with van der Waals surface area (Å²) in [6.45, 7) is 0.